The van der Waals surface area contributed by atoms with Crippen molar-refractivity contribution in [2.75, 3.05) is 6.54 Å². The predicted molar refractivity (Wildman–Crippen MR) is 93.8 cm³/mol. The van der Waals surface area contributed by atoms with Gasteiger partial charge in [0.1, 0.15) is 5.60 Å². The molecule has 5 heteroatoms. The molecule has 1 spiro atoms. The number of carboxylic acids is 1. The summed E-state index contributed by atoms with van der Waals surface area (Å²) < 4.78 is 6.09. The van der Waals surface area contributed by atoms with Crippen LogP contribution < -0.4 is 5.11 Å². The smallest absolute Gasteiger partial charge is 0.230 e. The van der Waals surface area contributed by atoms with Gasteiger partial charge in [0, 0.05) is 18.4 Å². The van der Waals surface area contributed by atoms with Crippen LogP contribution in [-0.2, 0) is 20.7 Å². The van der Waals surface area contributed by atoms with Crippen molar-refractivity contribution in [1.29, 1.82) is 0 Å². The summed E-state index contributed by atoms with van der Waals surface area (Å²) in [5, 5.41) is 11.7. The van der Waals surface area contributed by atoms with E-state index in [9.17, 15) is 14.7 Å². The molecule has 3 heterocycles. The zero-order valence-corrected chi connectivity index (χ0v) is 14.8. The molecule has 0 aliphatic carbocycles. The standard InChI is InChI=1S/C21H23NO4/c1-13(2)12-16-21-10-8-15(26-21)17(20(24)25)18(21)19(23)22(16)11-9-14-6-4-3-5-7-14/h3-8,10,15-18H,1,9,11-12H2,2H3,(H,24,25)/p-1/t15-,16+,17+,18-,21-/m1/s1. The minimum atomic E-state index is -1.21. The molecular formula is C21H22NO4-. The number of ether oxygens (including phenoxy) is 1. The van der Waals surface area contributed by atoms with Crippen LogP contribution in [0.15, 0.2) is 54.6 Å². The number of amides is 1. The van der Waals surface area contributed by atoms with E-state index in [1.165, 1.54) is 0 Å². The first kappa shape index (κ1) is 17.0. The summed E-state index contributed by atoms with van der Waals surface area (Å²) in [7, 11) is 0. The second-order valence-corrected chi connectivity index (χ2v) is 7.56. The molecule has 0 aromatic heterocycles. The number of rotatable bonds is 6. The average molecular weight is 352 g/mol. The van der Waals surface area contributed by atoms with E-state index in [2.05, 4.69) is 6.58 Å². The highest BCUT2D eigenvalue weighted by molar-refractivity contribution is 5.91. The number of aliphatic carboxylic acids is 1. The van der Waals surface area contributed by atoms with Crippen LogP contribution in [0.1, 0.15) is 18.9 Å². The van der Waals surface area contributed by atoms with Crippen molar-refractivity contribution in [3.05, 3.63) is 60.2 Å². The zero-order chi connectivity index (χ0) is 18.5. The Hall–Kier alpha value is -2.40. The maximum absolute atomic E-state index is 13.2. The van der Waals surface area contributed by atoms with E-state index < -0.39 is 29.5 Å². The number of hydrogen-bond acceptors (Lipinski definition) is 4. The molecule has 0 radical (unpaired) electrons. The van der Waals surface area contributed by atoms with Gasteiger partial charge >= 0.3 is 0 Å². The van der Waals surface area contributed by atoms with Gasteiger partial charge in [-0.1, -0.05) is 48.1 Å². The third-order valence-corrected chi connectivity index (χ3v) is 5.83. The predicted octanol–water partition coefficient (Wildman–Crippen LogP) is 1.10. The Bertz CT molecular complexity index is 786. The molecule has 0 saturated carbocycles. The first-order valence-electron chi connectivity index (χ1n) is 9.01. The van der Waals surface area contributed by atoms with E-state index >= 15 is 0 Å². The minimum absolute atomic E-state index is 0.145. The number of carbonyl (C=O) groups is 2. The Morgan fingerprint density at radius 1 is 1.35 bits per heavy atom. The highest BCUT2D eigenvalue weighted by Crippen LogP contribution is 2.55. The number of likely N-dealkylation sites (tertiary alicyclic amines) is 1. The lowest BCUT2D eigenvalue weighted by Gasteiger charge is -2.33. The molecular weight excluding hydrogens is 330 g/mol. The maximum Gasteiger partial charge on any atom is 0.230 e. The monoisotopic (exact) mass is 352 g/mol. The lowest BCUT2D eigenvalue weighted by Crippen LogP contribution is -2.46. The van der Waals surface area contributed by atoms with Gasteiger partial charge in [-0.2, -0.15) is 0 Å². The number of benzene rings is 1. The summed E-state index contributed by atoms with van der Waals surface area (Å²) in [6.45, 7) is 6.45. The molecule has 1 amide bonds. The molecule has 4 rings (SSSR count). The normalized spacial score (nSPS) is 34.3. The van der Waals surface area contributed by atoms with Gasteiger partial charge in [0.25, 0.3) is 0 Å². The van der Waals surface area contributed by atoms with Gasteiger partial charge in [-0.25, -0.2) is 0 Å². The van der Waals surface area contributed by atoms with E-state index in [1.54, 1.807) is 11.0 Å². The second-order valence-electron chi connectivity index (χ2n) is 7.56. The Labute approximate surface area is 152 Å². The third kappa shape index (κ3) is 2.42. The van der Waals surface area contributed by atoms with E-state index in [4.69, 9.17) is 4.74 Å². The first-order valence-corrected chi connectivity index (χ1v) is 9.01. The number of carboxylic acid groups (broad SMARTS) is 1. The highest BCUT2D eigenvalue weighted by Gasteiger charge is 2.69. The molecule has 1 aromatic rings. The lowest BCUT2D eigenvalue weighted by molar-refractivity contribution is -0.313. The van der Waals surface area contributed by atoms with E-state index in [1.807, 2.05) is 43.3 Å². The quantitative estimate of drug-likeness (QED) is 0.719. The number of nitrogens with zero attached hydrogens (tertiary/aromatic N) is 1. The molecule has 5 atom stereocenters. The molecule has 2 saturated heterocycles. The molecule has 2 bridgehead atoms. The van der Waals surface area contributed by atoms with Crippen molar-refractivity contribution < 1.29 is 19.4 Å². The molecule has 0 unspecified atom stereocenters. The van der Waals surface area contributed by atoms with Crippen molar-refractivity contribution in [3.63, 3.8) is 0 Å². The Kier molecular flexibility index (Phi) is 3.99. The van der Waals surface area contributed by atoms with Crippen LogP contribution in [0.2, 0.25) is 0 Å². The van der Waals surface area contributed by atoms with Crippen LogP contribution in [0.25, 0.3) is 0 Å². The fraction of sp³-hybridized carbons (Fsp3) is 0.429. The molecule has 5 nitrogen and oxygen atoms in total. The summed E-state index contributed by atoms with van der Waals surface area (Å²) in [4.78, 5) is 26.7. The molecule has 2 fully saturated rings. The Balaban J connectivity index is 1.65. The second kappa shape index (κ2) is 6.09. The van der Waals surface area contributed by atoms with Gasteiger partial charge in [-0.05, 0) is 25.3 Å². The third-order valence-electron chi connectivity index (χ3n) is 5.83. The average Bonchev–Trinajstić information content (AvgIpc) is 3.24. The van der Waals surface area contributed by atoms with Crippen molar-refractivity contribution >= 4 is 11.9 Å². The van der Waals surface area contributed by atoms with Crippen LogP contribution in [0, 0.1) is 11.8 Å². The summed E-state index contributed by atoms with van der Waals surface area (Å²) in [6, 6.07) is 9.73. The maximum atomic E-state index is 13.2. The van der Waals surface area contributed by atoms with E-state index in [0.29, 0.717) is 19.4 Å². The van der Waals surface area contributed by atoms with E-state index in [0.717, 1.165) is 11.1 Å². The molecule has 26 heavy (non-hydrogen) atoms. The lowest BCUT2D eigenvalue weighted by atomic mass is 9.74. The fourth-order valence-electron chi connectivity index (χ4n) is 4.75. The number of carbonyl (C=O) groups excluding carboxylic acids is 2. The van der Waals surface area contributed by atoms with Crippen LogP contribution >= 0.6 is 0 Å². The molecule has 3 aliphatic rings. The van der Waals surface area contributed by atoms with Crippen LogP contribution in [-0.4, -0.2) is 41.1 Å². The highest BCUT2D eigenvalue weighted by atomic mass is 16.5. The molecule has 136 valence electrons. The Morgan fingerprint density at radius 2 is 2.08 bits per heavy atom. The number of hydrogen-bond donors (Lipinski definition) is 0. The minimum Gasteiger partial charge on any atom is -0.550 e. The first-order chi connectivity index (χ1) is 12.4. The Morgan fingerprint density at radius 3 is 2.73 bits per heavy atom. The number of fused-ring (bicyclic) bond motifs is 1. The summed E-state index contributed by atoms with van der Waals surface area (Å²) in [5.74, 6) is -2.98. The fourth-order valence-corrected chi connectivity index (χ4v) is 4.75. The molecule has 0 N–H and O–H groups in total. The zero-order valence-electron chi connectivity index (χ0n) is 14.8. The van der Waals surface area contributed by atoms with Gasteiger partial charge in [0.15, 0.2) is 0 Å². The van der Waals surface area contributed by atoms with Crippen molar-refractivity contribution in [2.24, 2.45) is 11.8 Å². The molecule has 3 aliphatic heterocycles. The van der Waals surface area contributed by atoms with Gasteiger partial charge in [0.2, 0.25) is 5.91 Å². The summed E-state index contributed by atoms with van der Waals surface area (Å²) >= 11 is 0. The van der Waals surface area contributed by atoms with Gasteiger partial charge in [0.05, 0.1) is 18.1 Å². The van der Waals surface area contributed by atoms with Gasteiger partial charge in [-0.15, -0.1) is 6.58 Å². The van der Waals surface area contributed by atoms with Crippen LogP contribution in [0.5, 0.6) is 0 Å². The van der Waals surface area contributed by atoms with Crippen molar-refractivity contribution in [2.45, 2.75) is 37.5 Å². The van der Waals surface area contributed by atoms with Gasteiger partial charge < -0.3 is 19.5 Å². The van der Waals surface area contributed by atoms with Crippen LogP contribution in [0.4, 0.5) is 0 Å². The largest absolute Gasteiger partial charge is 0.550 e. The SMILES string of the molecule is C=C(C)C[C@@H]1N(CCc2ccccc2)C(=O)[C@H]2[C@@H](C(=O)[O-])[C@H]3C=C[C@@]12O3. The van der Waals surface area contributed by atoms with Crippen molar-refractivity contribution in [1.82, 2.24) is 4.90 Å². The van der Waals surface area contributed by atoms with Gasteiger partial charge in [-0.3, -0.25) is 4.79 Å². The van der Waals surface area contributed by atoms with Crippen LogP contribution in [0.3, 0.4) is 0 Å². The molecule has 1 aromatic carbocycles. The van der Waals surface area contributed by atoms with Crippen molar-refractivity contribution in [3.8, 4) is 0 Å². The summed E-state index contributed by atoms with van der Waals surface area (Å²) in [5.41, 5.74) is 1.21. The topological polar surface area (TPSA) is 69.7 Å². The summed E-state index contributed by atoms with van der Waals surface area (Å²) in [6.07, 6.45) is 4.41. The van der Waals surface area contributed by atoms with E-state index in [-0.39, 0.29) is 11.9 Å².